The number of pyridine rings is 1. The molecule has 0 aliphatic carbocycles. The highest BCUT2D eigenvalue weighted by atomic mass is 35.5. The first-order chi connectivity index (χ1) is 24.4. The molecule has 1 aliphatic rings. The molecule has 7 nitrogen and oxygen atoms in total. The Labute approximate surface area is 313 Å². The molecule has 5 aromatic rings. The van der Waals surface area contributed by atoms with Gasteiger partial charge in [0.15, 0.2) is 0 Å². The lowest BCUT2D eigenvalue weighted by Gasteiger charge is -2.34. The van der Waals surface area contributed by atoms with Crippen LogP contribution in [0.1, 0.15) is 22.3 Å². The van der Waals surface area contributed by atoms with Gasteiger partial charge in [-0.1, -0.05) is 71.7 Å². The van der Waals surface area contributed by atoms with Gasteiger partial charge in [-0.15, -0.1) is 12.4 Å². The number of hydrogen-bond donors (Lipinski definition) is 0. The molecular formula is C40H37Cl3FN3O4. The summed E-state index contributed by atoms with van der Waals surface area (Å²) in [5.41, 5.74) is 4.08. The first-order valence-corrected chi connectivity index (χ1v) is 17.1. The standard InChI is InChI=1S/C40H36Cl2FN3O4.ClH/c41-36-4-2-1-3-32(36)28-49-35-15-17-39(44-26-35)50-38-16-9-30(25-37(38)42)10-18-40(47)46-22-20-45(21-23-46)27-31-7-5-29(6-8-31)19-24-48-34-13-11-33(43)12-14-34;/h1-18,25-26H,19-24,27-28H2;1H/b18-10+;. The minimum absolute atomic E-state index is 0. The van der Waals surface area contributed by atoms with Gasteiger partial charge in [-0.25, -0.2) is 9.37 Å². The highest BCUT2D eigenvalue weighted by molar-refractivity contribution is 6.32. The van der Waals surface area contributed by atoms with Crippen molar-refractivity contribution >= 4 is 47.6 Å². The van der Waals surface area contributed by atoms with Crippen LogP contribution in [0.25, 0.3) is 6.08 Å². The maximum atomic E-state index is 13.1. The number of carbonyl (C=O) groups excluding carboxylic acids is 1. The topological polar surface area (TPSA) is 64.1 Å². The molecule has 6 rings (SSSR count). The number of benzene rings is 4. The zero-order chi connectivity index (χ0) is 34.7. The minimum Gasteiger partial charge on any atom is -0.493 e. The quantitative estimate of drug-likeness (QED) is 0.112. The van der Waals surface area contributed by atoms with E-state index in [1.807, 2.05) is 35.2 Å². The Balaban J connectivity index is 0.00000504. The number of amides is 1. The second kappa shape index (κ2) is 18.6. The van der Waals surface area contributed by atoms with Gasteiger partial charge in [0, 0.05) is 61.9 Å². The number of rotatable bonds is 13. The molecule has 1 saturated heterocycles. The molecule has 0 unspecified atom stereocenters. The second-order valence-corrected chi connectivity index (χ2v) is 12.6. The van der Waals surface area contributed by atoms with Crippen LogP contribution < -0.4 is 14.2 Å². The molecule has 1 aromatic heterocycles. The maximum absolute atomic E-state index is 13.1. The Bertz CT molecular complexity index is 1900. The molecule has 0 bridgehead atoms. The number of carbonyl (C=O) groups is 1. The van der Waals surface area contributed by atoms with Crippen molar-refractivity contribution in [1.29, 1.82) is 0 Å². The van der Waals surface area contributed by atoms with Crippen molar-refractivity contribution in [2.24, 2.45) is 0 Å². The van der Waals surface area contributed by atoms with E-state index in [4.69, 9.17) is 37.4 Å². The number of aromatic nitrogens is 1. The van der Waals surface area contributed by atoms with Gasteiger partial charge in [-0.3, -0.25) is 9.69 Å². The van der Waals surface area contributed by atoms with Crippen molar-refractivity contribution in [3.63, 3.8) is 0 Å². The van der Waals surface area contributed by atoms with Crippen LogP contribution in [-0.2, 0) is 24.4 Å². The lowest BCUT2D eigenvalue weighted by molar-refractivity contribution is -0.127. The van der Waals surface area contributed by atoms with Crippen LogP contribution in [0.5, 0.6) is 23.1 Å². The summed E-state index contributed by atoms with van der Waals surface area (Å²) in [7, 11) is 0. The van der Waals surface area contributed by atoms with E-state index in [0.29, 0.717) is 59.5 Å². The van der Waals surface area contributed by atoms with E-state index in [1.54, 1.807) is 54.7 Å². The number of hydrogen-bond acceptors (Lipinski definition) is 6. The zero-order valence-corrected chi connectivity index (χ0v) is 30.0. The van der Waals surface area contributed by atoms with Crippen molar-refractivity contribution in [3.8, 4) is 23.1 Å². The normalized spacial score (nSPS) is 13.1. The molecule has 51 heavy (non-hydrogen) atoms. The molecule has 0 saturated carbocycles. The fourth-order valence-electron chi connectivity index (χ4n) is 5.39. The smallest absolute Gasteiger partial charge is 0.246 e. The molecule has 0 radical (unpaired) electrons. The molecule has 11 heteroatoms. The highest BCUT2D eigenvalue weighted by Gasteiger charge is 2.20. The third kappa shape index (κ3) is 11.2. The Hall–Kier alpha value is -4.60. The van der Waals surface area contributed by atoms with Crippen molar-refractivity contribution in [1.82, 2.24) is 14.8 Å². The first-order valence-electron chi connectivity index (χ1n) is 16.3. The van der Waals surface area contributed by atoms with Gasteiger partial charge in [0.2, 0.25) is 11.8 Å². The van der Waals surface area contributed by atoms with Crippen molar-refractivity contribution in [2.45, 2.75) is 19.6 Å². The van der Waals surface area contributed by atoms with Crippen molar-refractivity contribution in [3.05, 3.63) is 154 Å². The maximum Gasteiger partial charge on any atom is 0.246 e. The highest BCUT2D eigenvalue weighted by Crippen LogP contribution is 2.30. The number of nitrogens with zero attached hydrogens (tertiary/aromatic N) is 3. The lowest BCUT2D eigenvalue weighted by Crippen LogP contribution is -2.47. The average Bonchev–Trinajstić information content (AvgIpc) is 3.14. The van der Waals surface area contributed by atoms with Crippen molar-refractivity contribution in [2.75, 3.05) is 32.8 Å². The monoisotopic (exact) mass is 747 g/mol. The summed E-state index contributed by atoms with van der Waals surface area (Å²) in [4.78, 5) is 21.5. The molecule has 264 valence electrons. The summed E-state index contributed by atoms with van der Waals surface area (Å²) in [6.07, 6.45) is 5.70. The molecule has 2 heterocycles. The molecule has 1 aliphatic heterocycles. The largest absolute Gasteiger partial charge is 0.493 e. The number of halogens is 4. The molecule has 0 spiro atoms. The van der Waals surface area contributed by atoms with Gasteiger partial charge in [-0.05, 0) is 71.3 Å². The Morgan fingerprint density at radius 1 is 0.804 bits per heavy atom. The molecule has 0 atom stereocenters. The van der Waals surface area contributed by atoms with Crippen LogP contribution in [0.3, 0.4) is 0 Å². The molecule has 0 N–H and O–H groups in total. The Kier molecular flexibility index (Phi) is 13.7. The van der Waals surface area contributed by atoms with Gasteiger partial charge in [0.1, 0.15) is 29.7 Å². The number of piperazine rings is 1. The summed E-state index contributed by atoms with van der Waals surface area (Å²) < 4.78 is 30.4. The van der Waals surface area contributed by atoms with E-state index in [1.165, 1.54) is 23.3 Å². The minimum atomic E-state index is -0.274. The molecule has 1 amide bonds. The molecule has 1 fully saturated rings. The Morgan fingerprint density at radius 3 is 2.24 bits per heavy atom. The summed E-state index contributed by atoms with van der Waals surface area (Å²) in [6.45, 7) is 4.60. The fraction of sp³-hybridized carbons (Fsp3) is 0.200. The second-order valence-electron chi connectivity index (χ2n) is 11.8. The van der Waals surface area contributed by atoms with Gasteiger partial charge in [-0.2, -0.15) is 0 Å². The van der Waals surface area contributed by atoms with Crippen LogP contribution in [0.4, 0.5) is 4.39 Å². The van der Waals surface area contributed by atoms with E-state index < -0.39 is 0 Å². The predicted molar refractivity (Wildman–Crippen MR) is 202 cm³/mol. The fourth-order valence-corrected chi connectivity index (χ4v) is 5.81. The van der Waals surface area contributed by atoms with E-state index in [0.717, 1.165) is 37.2 Å². The van der Waals surface area contributed by atoms with E-state index in [9.17, 15) is 9.18 Å². The van der Waals surface area contributed by atoms with E-state index in [2.05, 4.69) is 34.1 Å². The van der Waals surface area contributed by atoms with Crippen LogP contribution in [0.2, 0.25) is 10.0 Å². The van der Waals surface area contributed by atoms with Crippen molar-refractivity contribution < 1.29 is 23.4 Å². The predicted octanol–water partition coefficient (Wildman–Crippen LogP) is 9.30. The summed E-state index contributed by atoms with van der Waals surface area (Å²) in [5.74, 6) is 1.77. The average molecular weight is 749 g/mol. The molecule has 4 aromatic carbocycles. The number of ether oxygens (including phenoxy) is 3. The summed E-state index contributed by atoms with van der Waals surface area (Å²) in [5, 5.41) is 1.05. The Morgan fingerprint density at radius 2 is 1.53 bits per heavy atom. The molecular weight excluding hydrogens is 712 g/mol. The van der Waals surface area contributed by atoms with Gasteiger partial charge in [0.25, 0.3) is 0 Å². The zero-order valence-electron chi connectivity index (χ0n) is 27.7. The third-order valence-electron chi connectivity index (χ3n) is 8.24. The van der Waals surface area contributed by atoms with Crippen LogP contribution >= 0.6 is 35.6 Å². The van der Waals surface area contributed by atoms with E-state index >= 15 is 0 Å². The lowest BCUT2D eigenvalue weighted by atomic mass is 10.1. The first kappa shape index (κ1) is 37.7. The summed E-state index contributed by atoms with van der Waals surface area (Å²) in [6, 6.07) is 30.9. The van der Waals surface area contributed by atoms with Gasteiger partial charge < -0.3 is 19.1 Å². The van der Waals surface area contributed by atoms with Crippen LogP contribution in [-0.4, -0.2) is 53.5 Å². The third-order valence-corrected chi connectivity index (χ3v) is 8.90. The van der Waals surface area contributed by atoms with Gasteiger partial charge >= 0.3 is 0 Å². The van der Waals surface area contributed by atoms with Crippen LogP contribution in [0, 0.1) is 5.82 Å². The SMILES string of the molecule is Cl.O=C(/C=C/c1ccc(Oc2ccc(OCc3ccccc3Cl)cn2)c(Cl)c1)N1CCN(Cc2ccc(CCOc3ccc(F)cc3)cc2)CC1. The van der Waals surface area contributed by atoms with Gasteiger partial charge in [0.05, 0.1) is 17.8 Å². The summed E-state index contributed by atoms with van der Waals surface area (Å²) >= 11 is 12.7. The van der Waals surface area contributed by atoms with Crippen LogP contribution in [0.15, 0.2) is 115 Å². The van der Waals surface area contributed by atoms with E-state index in [-0.39, 0.29) is 24.1 Å².